The highest BCUT2D eigenvalue weighted by molar-refractivity contribution is 5.97. The Labute approximate surface area is 221 Å². The Morgan fingerprint density at radius 3 is 2.23 bits per heavy atom. The van der Waals surface area contributed by atoms with E-state index in [2.05, 4.69) is 5.32 Å². The van der Waals surface area contributed by atoms with Gasteiger partial charge in [0, 0.05) is 37.9 Å². The number of aromatic carboxylic acids is 2. The van der Waals surface area contributed by atoms with Crippen molar-refractivity contribution < 1.29 is 44.2 Å². The normalized spacial score (nSPS) is 16.9. The zero-order chi connectivity index (χ0) is 28.6. The number of anilines is 1. The first-order valence-electron chi connectivity index (χ1n) is 12.1. The van der Waals surface area contributed by atoms with Crippen molar-refractivity contribution >= 4 is 28.5 Å². The van der Waals surface area contributed by atoms with Crippen molar-refractivity contribution in [2.75, 3.05) is 31.6 Å². The van der Waals surface area contributed by atoms with Gasteiger partial charge in [0.25, 0.3) is 0 Å². The van der Waals surface area contributed by atoms with Crippen LogP contribution in [-0.4, -0.2) is 74.8 Å². The number of hydrogen-bond donors (Lipinski definition) is 6. The van der Waals surface area contributed by atoms with Gasteiger partial charge in [-0.2, -0.15) is 0 Å². The van der Waals surface area contributed by atoms with Crippen molar-refractivity contribution in [1.29, 1.82) is 0 Å². The number of methoxy groups -OCH3 is 1. The van der Waals surface area contributed by atoms with Crippen molar-refractivity contribution in [3.05, 3.63) is 51.6 Å². The molecular weight excluding hydrogens is 517 g/mol. The van der Waals surface area contributed by atoms with Crippen molar-refractivity contribution in [3.8, 4) is 23.0 Å². The third kappa shape index (κ3) is 5.39. The minimum Gasteiger partial charge on any atom is -0.504 e. The Bertz CT molecular complexity index is 1490. The van der Waals surface area contributed by atoms with Crippen molar-refractivity contribution in [2.24, 2.45) is 0 Å². The molecule has 6 N–H and O–H groups in total. The molecule has 2 aromatic carbocycles. The number of rotatable bonds is 5. The summed E-state index contributed by atoms with van der Waals surface area (Å²) in [6, 6.07) is 3.14. The number of nitrogens with zero attached hydrogens (tertiary/aromatic N) is 2. The zero-order valence-corrected chi connectivity index (χ0v) is 21.1. The predicted molar refractivity (Wildman–Crippen MR) is 138 cm³/mol. The molecule has 1 aliphatic carbocycles. The summed E-state index contributed by atoms with van der Waals surface area (Å²) in [6.07, 6.45) is 3.14. The van der Waals surface area contributed by atoms with Crippen LogP contribution in [0, 0.1) is 5.82 Å². The lowest BCUT2D eigenvalue weighted by atomic mass is 10.1. The molecule has 1 saturated heterocycles. The Kier molecular flexibility index (Phi) is 7.54. The van der Waals surface area contributed by atoms with Crippen LogP contribution in [0.15, 0.2) is 29.2 Å². The molecule has 1 aliphatic heterocycles. The van der Waals surface area contributed by atoms with Gasteiger partial charge in [0.1, 0.15) is 11.3 Å². The third-order valence-electron chi connectivity index (χ3n) is 6.57. The van der Waals surface area contributed by atoms with Crippen LogP contribution in [-0.2, 0) is 0 Å². The quantitative estimate of drug-likeness (QED) is 0.259. The number of halogens is 1. The van der Waals surface area contributed by atoms with Crippen LogP contribution in [0.3, 0.4) is 0 Å². The Balaban J connectivity index is 0.000000247. The number of phenols is 3. The number of carbonyl (C=O) groups is 2. The SMILES string of the molecule is COc1c(N2CCNC(C)C2)c(F)cc2c(=O)c(C(=O)O)cn(C3CC3)c12.O=C(O)c1cc(O)c(O)c(O)c1. The number of hydrogen-bond acceptors (Lipinski definition) is 9. The molecule has 2 aliphatic rings. The minimum atomic E-state index is -1.31. The van der Waals surface area contributed by atoms with Gasteiger partial charge in [0.05, 0.1) is 23.6 Å². The Morgan fingerprint density at radius 2 is 1.72 bits per heavy atom. The fourth-order valence-corrected chi connectivity index (χ4v) is 4.59. The highest BCUT2D eigenvalue weighted by atomic mass is 19.1. The van der Waals surface area contributed by atoms with Crippen LogP contribution in [0.5, 0.6) is 23.0 Å². The first-order chi connectivity index (χ1) is 18.4. The highest BCUT2D eigenvalue weighted by Gasteiger charge is 2.32. The highest BCUT2D eigenvalue weighted by Crippen LogP contribution is 2.43. The maximum Gasteiger partial charge on any atom is 0.341 e. The fourth-order valence-electron chi connectivity index (χ4n) is 4.59. The number of aromatic nitrogens is 1. The molecule has 1 unspecified atom stereocenters. The minimum absolute atomic E-state index is 0.0445. The van der Waals surface area contributed by atoms with Gasteiger partial charge in [-0.3, -0.25) is 4.79 Å². The molecular formula is C26H28FN3O9. The summed E-state index contributed by atoms with van der Waals surface area (Å²) in [4.78, 5) is 36.4. The van der Waals surface area contributed by atoms with E-state index in [0.29, 0.717) is 30.0 Å². The van der Waals surface area contributed by atoms with E-state index in [4.69, 9.17) is 25.2 Å². The molecule has 2 fully saturated rings. The maximum atomic E-state index is 15.1. The van der Waals surface area contributed by atoms with E-state index in [-0.39, 0.29) is 28.6 Å². The molecule has 1 aromatic heterocycles. The number of benzene rings is 2. The molecule has 12 nitrogen and oxygen atoms in total. The van der Waals surface area contributed by atoms with Crippen molar-refractivity contribution in [3.63, 3.8) is 0 Å². The molecule has 39 heavy (non-hydrogen) atoms. The van der Waals surface area contributed by atoms with Gasteiger partial charge in [-0.05, 0) is 38.0 Å². The number of carboxylic acids is 2. The van der Waals surface area contributed by atoms with Crippen LogP contribution < -0.4 is 20.4 Å². The van der Waals surface area contributed by atoms with E-state index in [1.807, 2.05) is 11.8 Å². The first-order valence-corrected chi connectivity index (χ1v) is 12.1. The summed E-state index contributed by atoms with van der Waals surface area (Å²) in [5.41, 5.74) is -0.526. The second-order valence-corrected chi connectivity index (χ2v) is 9.42. The van der Waals surface area contributed by atoms with Gasteiger partial charge in [0.15, 0.2) is 28.8 Å². The lowest BCUT2D eigenvalue weighted by Crippen LogP contribution is -2.49. The summed E-state index contributed by atoms with van der Waals surface area (Å²) < 4.78 is 22.5. The molecule has 13 heteroatoms. The Morgan fingerprint density at radius 1 is 1.08 bits per heavy atom. The lowest BCUT2D eigenvalue weighted by molar-refractivity contribution is 0.0684. The fraction of sp³-hybridized carbons (Fsp3) is 0.346. The summed E-state index contributed by atoms with van der Waals surface area (Å²) in [5.74, 6) is -4.92. The molecule has 0 amide bonds. The number of phenolic OH excluding ortho intramolecular Hbond substituents is 3. The van der Waals surface area contributed by atoms with Crippen LogP contribution >= 0.6 is 0 Å². The molecule has 3 aromatic rings. The molecule has 5 rings (SSSR count). The molecule has 208 valence electrons. The number of nitrogens with one attached hydrogen (secondary N) is 1. The average molecular weight is 546 g/mol. The van der Waals surface area contributed by atoms with E-state index < -0.39 is 40.4 Å². The van der Waals surface area contributed by atoms with Gasteiger partial charge in [-0.1, -0.05) is 0 Å². The number of aromatic hydroxyl groups is 3. The number of carboxylic acid groups (broad SMARTS) is 2. The third-order valence-corrected chi connectivity index (χ3v) is 6.57. The van der Waals surface area contributed by atoms with E-state index in [0.717, 1.165) is 37.6 Å². The number of ether oxygens (including phenoxy) is 1. The summed E-state index contributed by atoms with van der Waals surface area (Å²) >= 11 is 0. The van der Waals surface area contributed by atoms with Crippen LogP contribution in [0.25, 0.3) is 10.9 Å². The Hall–Kier alpha value is -4.52. The van der Waals surface area contributed by atoms with Gasteiger partial charge in [0.2, 0.25) is 5.43 Å². The van der Waals surface area contributed by atoms with Gasteiger partial charge in [-0.15, -0.1) is 0 Å². The van der Waals surface area contributed by atoms with E-state index in [1.54, 1.807) is 4.57 Å². The maximum absolute atomic E-state index is 15.1. The number of pyridine rings is 1. The smallest absolute Gasteiger partial charge is 0.341 e. The lowest BCUT2D eigenvalue weighted by Gasteiger charge is -2.35. The second-order valence-electron chi connectivity index (χ2n) is 9.42. The predicted octanol–water partition coefficient (Wildman–Crippen LogP) is 2.48. The molecule has 1 atom stereocenters. The summed E-state index contributed by atoms with van der Waals surface area (Å²) in [5, 5.41) is 47.7. The van der Waals surface area contributed by atoms with Crippen LogP contribution in [0.2, 0.25) is 0 Å². The summed E-state index contributed by atoms with van der Waals surface area (Å²) in [6.45, 7) is 3.97. The second kappa shape index (κ2) is 10.7. The van der Waals surface area contributed by atoms with Crippen LogP contribution in [0.4, 0.5) is 10.1 Å². The molecule has 1 saturated carbocycles. The monoisotopic (exact) mass is 545 g/mol. The van der Waals surface area contributed by atoms with E-state index >= 15 is 4.39 Å². The first kappa shape index (κ1) is 27.5. The molecule has 2 heterocycles. The molecule has 0 bridgehead atoms. The number of piperazine rings is 1. The van der Waals surface area contributed by atoms with Crippen molar-refractivity contribution in [2.45, 2.75) is 31.8 Å². The topological polar surface area (TPSA) is 182 Å². The molecule has 0 spiro atoms. The standard InChI is InChI=1S/C19H22FN3O4.C7H6O5/c1-10-8-22(6-5-21-10)16-14(20)7-12-15(18(16)27-2)23(11-3-4-11)9-13(17(12)24)19(25)26;8-4-1-3(7(11)12)2-5(9)6(4)10/h7,9-11,21H,3-6,8H2,1-2H3,(H,25,26);1-2,8-10H,(H,11,12). The number of fused-ring (bicyclic) bond motifs is 1. The van der Waals surface area contributed by atoms with Crippen LogP contribution in [0.1, 0.15) is 46.5 Å². The van der Waals surface area contributed by atoms with Gasteiger partial charge < -0.3 is 45.1 Å². The van der Waals surface area contributed by atoms with E-state index in [9.17, 15) is 19.5 Å². The van der Waals surface area contributed by atoms with E-state index in [1.165, 1.54) is 13.3 Å². The molecule has 0 radical (unpaired) electrons. The average Bonchev–Trinajstić information content (AvgIpc) is 3.72. The van der Waals surface area contributed by atoms with Gasteiger partial charge in [-0.25, -0.2) is 14.0 Å². The van der Waals surface area contributed by atoms with Crippen molar-refractivity contribution in [1.82, 2.24) is 9.88 Å². The largest absolute Gasteiger partial charge is 0.504 e. The zero-order valence-electron chi connectivity index (χ0n) is 21.1. The summed E-state index contributed by atoms with van der Waals surface area (Å²) in [7, 11) is 1.45. The van der Waals surface area contributed by atoms with Gasteiger partial charge >= 0.3 is 11.9 Å².